The molecule has 1 fully saturated rings. The summed E-state index contributed by atoms with van der Waals surface area (Å²) in [5.41, 5.74) is -0.960. The summed E-state index contributed by atoms with van der Waals surface area (Å²) in [6, 6.07) is 4.59. The minimum Gasteiger partial charge on any atom is -0.353 e. The monoisotopic (exact) mass is 348 g/mol. The van der Waals surface area contributed by atoms with Crippen molar-refractivity contribution in [2.75, 3.05) is 31.1 Å². The first-order valence-corrected chi connectivity index (χ1v) is 7.81. The Kier molecular flexibility index (Phi) is 4.24. The van der Waals surface area contributed by atoms with Gasteiger partial charge < -0.3 is 10.2 Å². The number of hydrogen-bond donors (Lipinski definition) is 1. The van der Waals surface area contributed by atoms with Gasteiger partial charge in [-0.25, -0.2) is 0 Å². The van der Waals surface area contributed by atoms with Crippen molar-refractivity contribution in [1.82, 2.24) is 15.5 Å². The fourth-order valence-corrected chi connectivity index (χ4v) is 3.35. The average Bonchev–Trinajstić information content (AvgIpc) is 2.93. The fourth-order valence-electron chi connectivity index (χ4n) is 2.29. The van der Waals surface area contributed by atoms with Crippen molar-refractivity contribution in [3.63, 3.8) is 0 Å². The molecule has 2 aromatic rings. The van der Waals surface area contributed by atoms with E-state index in [2.05, 4.69) is 15.5 Å². The summed E-state index contributed by atoms with van der Waals surface area (Å²) >= 11 is 6.94. The van der Waals surface area contributed by atoms with E-state index < -0.39 is 11.9 Å². The summed E-state index contributed by atoms with van der Waals surface area (Å²) in [5.74, 6) is 0.453. The Morgan fingerprint density at radius 2 is 1.91 bits per heavy atom. The lowest BCUT2D eigenvalue weighted by molar-refractivity contribution is -0.141. The van der Waals surface area contributed by atoms with Crippen LogP contribution in [0, 0.1) is 0 Å². The molecule has 3 rings (SSSR count). The van der Waals surface area contributed by atoms with Gasteiger partial charge in [0.1, 0.15) is 0 Å². The molecule has 4 nitrogen and oxygen atoms in total. The molecule has 0 bridgehead atoms. The third-order valence-corrected chi connectivity index (χ3v) is 4.59. The Labute approximate surface area is 133 Å². The second-order valence-electron chi connectivity index (χ2n) is 4.80. The van der Waals surface area contributed by atoms with Gasteiger partial charge in [-0.3, -0.25) is 0 Å². The average molecular weight is 349 g/mol. The molecule has 0 radical (unpaired) electrons. The maximum atomic E-state index is 13.2. The minimum absolute atomic E-state index is 0.0212. The van der Waals surface area contributed by atoms with Crippen LogP contribution in [0.5, 0.6) is 0 Å². The largest absolute Gasteiger partial charge is 0.435 e. The highest BCUT2D eigenvalue weighted by molar-refractivity contribution is 7.19. The molecule has 0 unspecified atom stereocenters. The Morgan fingerprint density at radius 3 is 2.50 bits per heavy atom. The zero-order valence-electron chi connectivity index (χ0n) is 11.3. The molecular formula is C13H12ClF3N4S. The minimum atomic E-state index is -4.55. The van der Waals surface area contributed by atoms with Crippen molar-refractivity contribution in [2.24, 2.45) is 0 Å². The molecule has 0 aliphatic carbocycles. The Bertz CT molecular complexity index is 668. The molecule has 0 aromatic carbocycles. The van der Waals surface area contributed by atoms with E-state index in [-0.39, 0.29) is 5.56 Å². The van der Waals surface area contributed by atoms with Crippen molar-refractivity contribution in [3.8, 4) is 10.4 Å². The van der Waals surface area contributed by atoms with E-state index in [1.165, 1.54) is 6.07 Å². The van der Waals surface area contributed by atoms with Crippen LogP contribution in [0.25, 0.3) is 10.4 Å². The SMILES string of the molecule is FC(F)(F)c1nnc(N2CCNCC2)cc1-c1ccc(Cl)s1. The predicted octanol–water partition coefficient (Wildman–Crippen LogP) is 3.29. The van der Waals surface area contributed by atoms with E-state index >= 15 is 0 Å². The second kappa shape index (κ2) is 6.02. The molecule has 3 heterocycles. The highest BCUT2D eigenvalue weighted by Crippen LogP contribution is 2.40. The van der Waals surface area contributed by atoms with Crippen LogP contribution >= 0.6 is 22.9 Å². The number of piperazine rings is 1. The first kappa shape index (κ1) is 15.5. The summed E-state index contributed by atoms with van der Waals surface area (Å²) in [7, 11) is 0. The highest BCUT2D eigenvalue weighted by atomic mass is 35.5. The van der Waals surface area contributed by atoms with E-state index in [1.54, 1.807) is 12.1 Å². The highest BCUT2D eigenvalue weighted by Gasteiger charge is 2.37. The van der Waals surface area contributed by atoms with E-state index in [4.69, 9.17) is 11.6 Å². The number of alkyl halides is 3. The number of anilines is 1. The zero-order chi connectivity index (χ0) is 15.7. The normalized spacial score (nSPS) is 16.1. The summed E-state index contributed by atoms with van der Waals surface area (Å²) in [4.78, 5) is 2.35. The lowest BCUT2D eigenvalue weighted by Crippen LogP contribution is -2.44. The summed E-state index contributed by atoms with van der Waals surface area (Å²) in [6.45, 7) is 2.90. The molecule has 9 heteroatoms. The summed E-state index contributed by atoms with van der Waals surface area (Å²) in [5, 5.41) is 10.4. The molecular weight excluding hydrogens is 337 g/mol. The van der Waals surface area contributed by atoms with E-state index in [9.17, 15) is 13.2 Å². The Balaban J connectivity index is 2.06. The van der Waals surface area contributed by atoms with Crippen LogP contribution in [0.3, 0.4) is 0 Å². The molecule has 0 atom stereocenters. The number of rotatable bonds is 2. The second-order valence-corrected chi connectivity index (χ2v) is 6.52. The molecule has 1 N–H and O–H groups in total. The van der Waals surface area contributed by atoms with Crippen molar-refractivity contribution < 1.29 is 13.2 Å². The number of hydrogen-bond acceptors (Lipinski definition) is 5. The van der Waals surface area contributed by atoms with Gasteiger partial charge in [-0.2, -0.15) is 13.2 Å². The molecule has 0 saturated carbocycles. The van der Waals surface area contributed by atoms with Gasteiger partial charge in [0.15, 0.2) is 11.5 Å². The number of halogens is 4. The maximum Gasteiger partial charge on any atom is 0.435 e. The lowest BCUT2D eigenvalue weighted by Gasteiger charge is -2.28. The molecule has 1 aliphatic heterocycles. The molecule has 1 aliphatic rings. The smallest absolute Gasteiger partial charge is 0.353 e. The number of nitrogens with zero attached hydrogens (tertiary/aromatic N) is 3. The van der Waals surface area contributed by atoms with Gasteiger partial charge in [-0.1, -0.05) is 11.6 Å². The Hall–Kier alpha value is -1.38. The number of nitrogens with one attached hydrogen (secondary N) is 1. The van der Waals surface area contributed by atoms with Crippen molar-refractivity contribution in [1.29, 1.82) is 0 Å². The van der Waals surface area contributed by atoms with Crippen LogP contribution < -0.4 is 10.2 Å². The van der Waals surface area contributed by atoms with E-state index in [0.29, 0.717) is 28.1 Å². The molecule has 0 spiro atoms. The van der Waals surface area contributed by atoms with Gasteiger partial charge in [-0.05, 0) is 18.2 Å². The van der Waals surface area contributed by atoms with Crippen LogP contribution in [0.1, 0.15) is 5.69 Å². The molecule has 0 amide bonds. The molecule has 1 saturated heterocycles. The third kappa shape index (κ3) is 3.18. The maximum absolute atomic E-state index is 13.2. The van der Waals surface area contributed by atoms with E-state index in [1.807, 2.05) is 4.90 Å². The lowest BCUT2D eigenvalue weighted by atomic mass is 10.1. The van der Waals surface area contributed by atoms with Gasteiger partial charge in [0, 0.05) is 36.6 Å². The summed E-state index contributed by atoms with van der Waals surface area (Å²) < 4.78 is 39.9. The molecule has 22 heavy (non-hydrogen) atoms. The van der Waals surface area contributed by atoms with Crippen LogP contribution in [0.4, 0.5) is 19.0 Å². The zero-order valence-corrected chi connectivity index (χ0v) is 12.9. The fraction of sp³-hybridized carbons (Fsp3) is 0.385. The summed E-state index contributed by atoms with van der Waals surface area (Å²) in [6.07, 6.45) is -4.55. The van der Waals surface area contributed by atoms with Gasteiger partial charge in [0.05, 0.1) is 4.34 Å². The number of aromatic nitrogens is 2. The Morgan fingerprint density at radius 1 is 1.18 bits per heavy atom. The van der Waals surface area contributed by atoms with Gasteiger partial charge >= 0.3 is 6.18 Å². The standard InChI is InChI=1S/C13H12ClF3N4S/c14-10-2-1-9(22-10)8-7-11(21-5-3-18-4-6-21)19-20-12(8)13(15,16)17/h1-2,7,18H,3-6H2. The van der Waals surface area contributed by atoms with Gasteiger partial charge in [0.25, 0.3) is 0 Å². The van der Waals surface area contributed by atoms with Crippen molar-refractivity contribution in [2.45, 2.75) is 6.18 Å². The topological polar surface area (TPSA) is 41.1 Å². The van der Waals surface area contributed by atoms with Crippen molar-refractivity contribution in [3.05, 3.63) is 28.2 Å². The molecule has 2 aromatic heterocycles. The first-order valence-electron chi connectivity index (χ1n) is 6.61. The third-order valence-electron chi connectivity index (χ3n) is 3.33. The van der Waals surface area contributed by atoms with Crippen LogP contribution in [0.2, 0.25) is 4.34 Å². The molecule has 118 valence electrons. The first-order chi connectivity index (χ1) is 10.4. The van der Waals surface area contributed by atoms with Gasteiger partial charge in [0.2, 0.25) is 0 Å². The van der Waals surface area contributed by atoms with Crippen LogP contribution in [-0.2, 0) is 6.18 Å². The van der Waals surface area contributed by atoms with Crippen LogP contribution in [0.15, 0.2) is 18.2 Å². The van der Waals surface area contributed by atoms with Crippen molar-refractivity contribution >= 4 is 28.8 Å². The number of thiophene rings is 1. The quantitative estimate of drug-likeness (QED) is 0.904. The predicted molar refractivity (Wildman–Crippen MR) is 80.4 cm³/mol. The van der Waals surface area contributed by atoms with E-state index in [0.717, 1.165) is 24.4 Å². The van der Waals surface area contributed by atoms with Crippen LogP contribution in [-0.4, -0.2) is 36.4 Å². The van der Waals surface area contributed by atoms with Gasteiger partial charge in [-0.15, -0.1) is 21.5 Å².